The van der Waals surface area contributed by atoms with E-state index in [1.54, 1.807) is 0 Å². The molecule has 0 bridgehead atoms. The molecule has 3 nitrogen and oxygen atoms in total. The molecule has 0 saturated carbocycles. The summed E-state index contributed by atoms with van der Waals surface area (Å²) in [5.74, 6) is 0. The Labute approximate surface area is 126 Å². The van der Waals surface area contributed by atoms with Crippen LogP contribution < -0.4 is 5.32 Å². The molecule has 1 aliphatic rings. The minimum absolute atomic E-state index is 0. The Morgan fingerprint density at radius 2 is 2.00 bits per heavy atom. The van der Waals surface area contributed by atoms with Crippen molar-refractivity contribution in [3.8, 4) is 0 Å². The third-order valence-electron chi connectivity index (χ3n) is 2.80. The molecule has 0 amide bonds. The van der Waals surface area contributed by atoms with Gasteiger partial charge in [0, 0.05) is 42.5 Å². The van der Waals surface area contributed by atoms with Gasteiger partial charge in [0.05, 0.1) is 13.2 Å². The van der Waals surface area contributed by atoms with Gasteiger partial charge >= 0.3 is 0 Å². The van der Waals surface area contributed by atoms with Gasteiger partial charge in [0.25, 0.3) is 0 Å². The maximum atomic E-state index is 5.32. The number of thiophene rings is 1. The highest BCUT2D eigenvalue weighted by molar-refractivity contribution is 7.11. The van der Waals surface area contributed by atoms with E-state index in [0.29, 0.717) is 0 Å². The lowest BCUT2D eigenvalue weighted by Gasteiger charge is -2.26. The van der Waals surface area contributed by atoms with Crippen LogP contribution in [0.1, 0.15) is 9.75 Å². The third-order valence-corrected chi connectivity index (χ3v) is 3.80. The van der Waals surface area contributed by atoms with E-state index in [9.17, 15) is 0 Å². The number of hydrogen-bond donors (Lipinski definition) is 1. The van der Waals surface area contributed by atoms with Crippen LogP contribution in [0.5, 0.6) is 0 Å². The summed E-state index contributed by atoms with van der Waals surface area (Å²) in [5.41, 5.74) is 0. The van der Waals surface area contributed by atoms with E-state index in [0.717, 1.165) is 45.9 Å². The van der Waals surface area contributed by atoms with E-state index in [1.807, 2.05) is 11.3 Å². The van der Waals surface area contributed by atoms with Crippen LogP contribution in [0, 0.1) is 6.92 Å². The Kier molecular flexibility index (Phi) is 10.1. The molecule has 0 aromatic carbocycles. The molecule has 0 radical (unpaired) electrons. The molecule has 0 unspecified atom stereocenters. The lowest BCUT2D eigenvalue weighted by atomic mass is 10.4. The smallest absolute Gasteiger partial charge is 0.0594 e. The fourth-order valence-corrected chi connectivity index (χ4v) is 2.71. The molecule has 18 heavy (non-hydrogen) atoms. The predicted molar refractivity (Wildman–Crippen MR) is 82.5 cm³/mol. The molecule has 6 heteroatoms. The monoisotopic (exact) mass is 312 g/mol. The van der Waals surface area contributed by atoms with Gasteiger partial charge in [-0.2, -0.15) is 0 Å². The first-order valence-electron chi connectivity index (χ1n) is 5.91. The van der Waals surface area contributed by atoms with E-state index in [-0.39, 0.29) is 24.8 Å². The maximum Gasteiger partial charge on any atom is 0.0594 e. The van der Waals surface area contributed by atoms with Crippen LogP contribution in [0.15, 0.2) is 12.1 Å². The summed E-state index contributed by atoms with van der Waals surface area (Å²) in [6.45, 7) is 9.31. The van der Waals surface area contributed by atoms with Gasteiger partial charge in [-0.1, -0.05) is 0 Å². The van der Waals surface area contributed by atoms with E-state index in [1.165, 1.54) is 9.75 Å². The van der Waals surface area contributed by atoms with Gasteiger partial charge in [0.2, 0.25) is 0 Å². The van der Waals surface area contributed by atoms with Gasteiger partial charge in [-0.3, -0.25) is 4.90 Å². The minimum atomic E-state index is 0. The average molecular weight is 313 g/mol. The minimum Gasteiger partial charge on any atom is -0.379 e. The summed E-state index contributed by atoms with van der Waals surface area (Å²) in [6.07, 6.45) is 0. The number of morpholine rings is 1. The second kappa shape index (κ2) is 10.0. The van der Waals surface area contributed by atoms with Crippen molar-refractivity contribution in [3.05, 3.63) is 21.9 Å². The number of ether oxygens (including phenoxy) is 1. The first kappa shape index (κ1) is 18.2. The molecule has 1 aromatic rings. The first-order chi connectivity index (χ1) is 7.84. The number of rotatable bonds is 5. The van der Waals surface area contributed by atoms with Gasteiger partial charge in [-0.05, 0) is 19.1 Å². The second-order valence-corrected chi connectivity index (χ2v) is 5.52. The lowest BCUT2D eigenvalue weighted by molar-refractivity contribution is 0.0384. The van der Waals surface area contributed by atoms with Crippen LogP contribution in [0.3, 0.4) is 0 Å². The number of nitrogens with one attached hydrogen (secondary N) is 1. The van der Waals surface area contributed by atoms with Crippen molar-refractivity contribution in [2.75, 3.05) is 39.4 Å². The van der Waals surface area contributed by atoms with Gasteiger partial charge in [-0.15, -0.1) is 36.2 Å². The number of hydrogen-bond acceptors (Lipinski definition) is 4. The summed E-state index contributed by atoms with van der Waals surface area (Å²) in [7, 11) is 0. The Balaban J connectivity index is 0.00000144. The highest BCUT2D eigenvalue weighted by atomic mass is 35.5. The molecule has 0 spiro atoms. The summed E-state index contributed by atoms with van der Waals surface area (Å²) in [5, 5.41) is 3.49. The SMILES string of the molecule is Cc1ccc(CNCCN2CCOCC2)s1.Cl.Cl. The van der Waals surface area contributed by atoms with Crippen molar-refractivity contribution in [1.82, 2.24) is 10.2 Å². The van der Waals surface area contributed by atoms with Crippen molar-refractivity contribution in [1.29, 1.82) is 0 Å². The molecular weight excluding hydrogens is 291 g/mol. The molecule has 2 rings (SSSR count). The Morgan fingerprint density at radius 3 is 2.61 bits per heavy atom. The van der Waals surface area contributed by atoms with Crippen LogP contribution in [0.4, 0.5) is 0 Å². The molecular formula is C12H22Cl2N2OS. The molecule has 1 fully saturated rings. The van der Waals surface area contributed by atoms with Crippen molar-refractivity contribution in [3.63, 3.8) is 0 Å². The summed E-state index contributed by atoms with van der Waals surface area (Å²) in [4.78, 5) is 5.28. The zero-order valence-corrected chi connectivity index (χ0v) is 13.1. The number of nitrogens with zero attached hydrogens (tertiary/aromatic N) is 1. The summed E-state index contributed by atoms with van der Waals surface area (Å²) >= 11 is 1.88. The summed E-state index contributed by atoms with van der Waals surface area (Å²) < 4.78 is 5.32. The number of aryl methyl sites for hydroxylation is 1. The van der Waals surface area contributed by atoms with Crippen molar-refractivity contribution in [2.45, 2.75) is 13.5 Å². The average Bonchev–Trinajstić information content (AvgIpc) is 2.72. The molecule has 1 saturated heterocycles. The highest BCUT2D eigenvalue weighted by Gasteiger charge is 2.08. The Bertz CT molecular complexity index is 317. The van der Waals surface area contributed by atoms with Crippen molar-refractivity contribution < 1.29 is 4.74 Å². The van der Waals surface area contributed by atoms with E-state index >= 15 is 0 Å². The van der Waals surface area contributed by atoms with Crippen LogP contribution in [-0.2, 0) is 11.3 Å². The van der Waals surface area contributed by atoms with Crippen LogP contribution in [0.2, 0.25) is 0 Å². The molecule has 2 heterocycles. The molecule has 1 N–H and O–H groups in total. The maximum absolute atomic E-state index is 5.32. The second-order valence-electron chi connectivity index (χ2n) is 4.14. The van der Waals surface area contributed by atoms with Crippen molar-refractivity contribution in [2.24, 2.45) is 0 Å². The fraction of sp³-hybridized carbons (Fsp3) is 0.667. The molecule has 1 aliphatic heterocycles. The number of halogens is 2. The molecule has 106 valence electrons. The zero-order chi connectivity index (χ0) is 11.2. The van der Waals surface area contributed by atoms with Crippen molar-refractivity contribution >= 4 is 36.2 Å². The van der Waals surface area contributed by atoms with Gasteiger partial charge in [-0.25, -0.2) is 0 Å². The van der Waals surface area contributed by atoms with Gasteiger partial charge < -0.3 is 10.1 Å². The topological polar surface area (TPSA) is 24.5 Å². The van der Waals surface area contributed by atoms with E-state index in [2.05, 4.69) is 29.3 Å². The fourth-order valence-electron chi connectivity index (χ4n) is 1.85. The van der Waals surface area contributed by atoms with Crippen LogP contribution in [-0.4, -0.2) is 44.3 Å². The predicted octanol–water partition coefficient (Wildman–Crippen LogP) is 2.32. The summed E-state index contributed by atoms with van der Waals surface area (Å²) in [6, 6.07) is 4.39. The third kappa shape index (κ3) is 6.36. The van der Waals surface area contributed by atoms with E-state index < -0.39 is 0 Å². The largest absolute Gasteiger partial charge is 0.379 e. The molecule has 0 atom stereocenters. The normalized spacial score (nSPS) is 15.8. The van der Waals surface area contributed by atoms with Crippen LogP contribution in [0.25, 0.3) is 0 Å². The molecule has 0 aliphatic carbocycles. The van der Waals surface area contributed by atoms with Crippen LogP contribution >= 0.6 is 36.2 Å². The standard InChI is InChI=1S/C12H20N2OS.2ClH/c1-11-2-3-12(16-11)10-13-4-5-14-6-8-15-9-7-14;;/h2-3,13H,4-10H2,1H3;2*1H. The Hall–Kier alpha value is 0.160. The molecule has 1 aromatic heterocycles. The lowest BCUT2D eigenvalue weighted by Crippen LogP contribution is -2.40. The quantitative estimate of drug-likeness (QED) is 0.845. The Morgan fingerprint density at radius 1 is 1.28 bits per heavy atom. The van der Waals surface area contributed by atoms with Gasteiger partial charge in [0.15, 0.2) is 0 Å². The van der Waals surface area contributed by atoms with E-state index in [4.69, 9.17) is 4.74 Å². The zero-order valence-electron chi connectivity index (χ0n) is 10.7. The first-order valence-corrected chi connectivity index (χ1v) is 6.72. The van der Waals surface area contributed by atoms with Gasteiger partial charge in [0.1, 0.15) is 0 Å². The highest BCUT2D eigenvalue weighted by Crippen LogP contribution is 2.14.